The van der Waals surface area contributed by atoms with E-state index >= 15 is 0 Å². The smallest absolute Gasteiger partial charge is 0.267 e. The number of aldehydes is 1. The van der Waals surface area contributed by atoms with Crippen molar-refractivity contribution >= 4 is 12.2 Å². The van der Waals surface area contributed by atoms with Gasteiger partial charge in [0.2, 0.25) is 0 Å². The molecular formula is C16H16N2O2. The monoisotopic (exact) mass is 268 g/mol. The molecule has 0 saturated carbocycles. The van der Waals surface area contributed by atoms with Gasteiger partial charge in [0, 0.05) is 24.7 Å². The summed E-state index contributed by atoms with van der Waals surface area (Å²) in [4.78, 5) is 22.9. The molecule has 1 N–H and O–H groups in total. The van der Waals surface area contributed by atoms with E-state index in [4.69, 9.17) is 0 Å². The third kappa shape index (κ3) is 3.52. The number of amides is 1. The van der Waals surface area contributed by atoms with E-state index in [1.165, 1.54) is 5.01 Å². The van der Waals surface area contributed by atoms with Crippen molar-refractivity contribution in [1.82, 2.24) is 10.4 Å². The van der Waals surface area contributed by atoms with Crippen LogP contribution >= 0.6 is 0 Å². The van der Waals surface area contributed by atoms with Crippen LogP contribution in [0, 0.1) is 0 Å². The second-order valence-corrected chi connectivity index (χ2v) is 4.43. The van der Waals surface area contributed by atoms with Gasteiger partial charge in [-0.1, -0.05) is 42.5 Å². The van der Waals surface area contributed by atoms with Crippen LogP contribution in [-0.4, -0.2) is 24.2 Å². The lowest BCUT2D eigenvalue weighted by Gasteiger charge is -2.18. The summed E-state index contributed by atoms with van der Waals surface area (Å²) in [6.07, 6.45) is 0.730. The lowest BCUT2D eigenvalue weighted by atomic mass is 10.1. The van der Waals surface area contributed by atoms with Crippen molar-refractivity contribution in [2.75, 3.05) is 7.05 Å². The summed E-state index contributed by atoms with van der Waals surface area (Å²) in [5, 5.41) is 1.43. The van der Waals surface area contributed by atoms with Crippen molar-refractivity contribution in [1.29, 1.82) is 0 Å². The Balaban J connectivity index is 1.99. The largest absolute Gasteiger partial charge is 0.298 e. The van der Waals surface area contributed by atoms with E-state index in [-0.39, 0.29) is 5.91 Å². The molecule has 4 heteroatoms. The molecule has 0 aromatic heterocycles. The van der Waals surface area contributed by atoms with Crippen molar-refractivity contribution < 1.29 is 9.59 Å². The SMILES string of the molecule is CN(NCc1ccccc1)C(=O)c1cccc(C=O)c1. The molecule has 20 heavy (non-hydrogen) atoms. The van der Waals surface area contributed by atoms with Crippen LogP contribution in [0.4, 0.5) is 0 Å². The molecule has 0 fully saturated rings. The maximum atomic E-state index is 12.2. The molecule has 0 saturated heterocycles. The summed E-state index contributed by atoms with van der Waals surface area (Å²) >= 11 is 0. The highest BCUT2D eigenvalue weighted by Gasteiger charge is 2.11. The topological polar surface area (TPSA) is 49.4 Å². The van der Waals surface area contributed by atoms with Crippen molar-refractivity contribution in [3.8, 4) is 0 Å². The third-order valence-corrected chi connectivity index (χ3v) is 2.94. The summed E-state index contributed by atoms with van der Waals surface area (Å²) in [6.45, 7) is 0.566. The predicted octanol–water partition coefficient (Wildman–Crippen LogP) is 2.28. The van der Waals surface area contributed by atoms with Gasteiger partial charge in [-0.15, -0.1) is 0 Å². The van der Waals surface area contributed by atoms with Crippen LogP contribution in [0.15, 0.2) is 54.6 Å². The molecule has 2 aromatic rings. The molecule has 2 rings (SSSR count). The first-order valence-electron chi connectivity index (χ1n) is 6.31. The molecule has 102 valence electrons. The van der Waals surface area contributed by atoms with Gasteiger partial charge in [-0.05, 0) is 17.7 Å². The minimum atomic E-state index is -0.176. The minimum Gasteiger partial charge on any atom is -0.298 e. The first-order valence-corrected chi connectivity index (χ1v) is 6.31. The van der Waals surface area contributed by atoms with Gasteiger partial charge >= 0.3 is 0 Å². The van der Waals surface area contributed by atoms with Crippen molar-refractivity contribution in [3.63, 3.8) is 0 Å². The van der Waals surface area contributed by atoms with Gasteiger partial charge in [0.15, 0.2) is 0 Å². The van der Waals surface area contributed by atoms with Gasteiger partial charge in [-0.3, -0.25) is 14.6 Å². The molecule has 4 nitrogen and oxygen atoms in total. The van der Waals surface area contributed by atoms with E-state index in [2.05, 4.69) is 5.43 Å². The summed E-state index contributed by atoms with van der Waals surface area (Å²) in [7, 11) is 1.67. The second-order valence-electron chi connectivity index (χ2n) is 4.43. The highest BCUT2D eigenvalue weighted by atomic mass is 16.2. The molecule has 2 aromatic carbocycles. The summed E-state index contributed by atoms with van der Waals surface area (Å²) in [5.74, 6) is -0.176. The Labute approximate surface area is 118 Å². The number of nitrogens with one attached hydrogen (secondary N) is 1. The molecule has 1 amide bonds. The Morgan fingerprint density at radius 1 is 1.15 bits per heavy atom. The van der Waals surface area contributed by atoms with Crippen molar-refractivity contribution in [2.45, 2.75) is 6.54 Å². The van der Waals surface area contributed by atoms with Gasteiger partial charge in [0.05, 0.1) is 0 Å². The Morgan fingerprint density at radius 3 is 2.60 bits per heavy atom. The Kier molecular flexibility index (Phi) is 4.63. The van der Waals surface area contributed by atoms with Crippen LogP contribution < -0.4 is 5.43 Å². The summed E-state index contributed by atoms with van der Waals surface area (Å²) < 4.78 is 0. The molecular weight excluding hydrogens is 252 g/mol. The average Bonchev–Trinajstić information content (AvgIpc) is 2.53. The zero-order chi connectivity index (χ0) is 14.4. The van der Waals surface area contributed by atoms with Crippen LogP contribution in [-0.2, 0) is 6.54 Å². The molecule has 0 spiro atoms. The second kappa shape index (κ2) is 6.63. The van der Waals surface area contributed by atoms with Crippen LogP contribution in [0.5, 0.6) is 0 Å². The van der Waals surface area contributed by atoms with E-state index in [1.807, 2.05) is 30.3 Å². The number of nitrogens with zero attached hydrogens (tertiary/aromatic N) is 1. The zero-order valence-electron chi connectivity index (χ0n) is 11.2. The first kappa shape index (κ1) is 14.0. The van der Waals surface area contributed by atoms with Crippen molar-refractivity contribution in [2.24, 2.45) is 0 Å². The fraction of sp³-hybridized carbons (Fsp3) is 0.125. The molecule has 0 aliphatic rings. The van der Waals surface area contributed by atoms with Crippen LogP contribution in [0.2, 0.25) is 0 Å². The van der Waals surface area contributed by atoms with Crippen LogP contribution in [0.3, 0.4) is 0 Å². The lowest BCUT2D eigenvalue weighted by Crippen LogP contribution is -2.39. The fourth-order valence-corrected chi connectivity index (χ4v) is 1.82. The Bertz CT molecular complexity index is 596. The molecule has 0 bridgehead atoms. The number of hydrazine groups is 1. The van der Waals surface area contributed by atoms with Gasteiger partial charge in [-0.2, -0.15) is 0 Å². The number of carbonyl (C=O) groups excluding carboxylic acids is 2. The number of rotatable bonds is 5. The van der Waals surface area contributed by atoms with E-state index < -0.39 is 0 Å². The quantitative estimate of drug-likeness (QED) is 0.668. The normalized spacial score (nSPS) is 10.1. The van der Waals surface area contributed by atoms with Gasteiger partial charge in [0.1, 0.15) is 6.29 Å². The highest BCUT2D eigenvalue weighted by molar-refractivity contribution is 5.95. The van der Waals surface area contributed by atoms with Crippen LogP contribution in [0.1, 0.15) is 26.3 Å². The first-order chi connectivity index (χ1) is 9.70. The van der Waals surface area contributed by atoms with Crippen LogP contribution in [0.25, 0.3) is 0 Å². The molecule has 0 aliphatic carbocycles. The van der Waals surface area contributed by atoms with E-state index in [0.29, 0.717) is 17.7 Å². The minimum absolute atomic E-state index is 0.176. The number of carbonyl (C=O) groups is 2. The third-order valence-electron chi connectivity index (χ3n) is 2.94. The number of benzene rings is 2. The lowest BCUT2D eigenvalue weighted by molar-refractivity contribution is 0.0712. The summed E-state index contributed by atoms with van der Waals surface area (Å²) in [6, 6.07) is 16.5. The van der Waals surface area contributed by atoms with Gasteiger partial charge in [0.25, 0.3) is 5.91 Å². The average molecular weight is 268 g/mol. The van der Waals surface area contributed by atoms with E-state index in [9.17, 15) is 9.59 Å². The Morgan fingerprint density at radius 2 is 1.90 bits per heavy atom. The Hall–Kier alpha value is -2.46. The van der Waals surface area contributed by atoms with Crippen molar-refractivity contribution in [3.05, 3.63) is 71.3 Å². The number of hydrogen-bond donors (Lipinski definition) is 1. The predicted molar refractivity (Wildman–Crippen MR) is 77.2 cm³/mol. The molecule has 0 aliphatic heterocycles. The van der Waals surface area contributed by atoms with Gasteiger partial charge < -0.3 is 0 Å². The summed E-state index contributed by atoms with van der Waals surface area (Å²) in [5.41, 5.74) is 5.10. The molecule has 0 heterocycles. The highest BCUT2D eigenvalue weighted by Crippen LogP contribution is 2.06. The standard InChI is InChI=1S/C16H16N2O2/c1-18(17-11-13-6-3-2-4-7-13)16(20)15-9-5-8-14(10-15)12-19/h2-10,12,17H,11H2,1H3. The molecule has 0 radical (unpaired) electrons. The van der Waals surface area contributed by atoms with Gasteiger partial charge in [-0.25, -0.2) is 5.43 Å². The molecule has 0 atom stereocenters. The van der Waals surface area contributed by atoms with E-state index in [1.54, 1.807) is 31.3 Å². The van der Waals surface area contributed by atoms with E-state index in [0.717, 1.165) is 11.8 Å². The molecule has 0 unspecified atom stereocenters. The maximum absolute atomic E-state index is 12.2. The maximum Gasteiger partial charge on any atom is 0.267 e. The zero-order valence-corrected chi connectivity index (χ0v) is 11.2. The fourth-order valence-electron chi connectivity index (χ4n) is 1.82. The number of hydrogen-bond acceptors (Lipinski definition) is 3.